The number of oxazole rings is 1. The largest absolute Gasteiger partial charge is 0.430 e. The number of nitrogens with one attached hydrogen (secondary N) is 1. The molecule has 0 aliphatic carbocycles. The Labute approximate surface area is 192 Å². The van der Waals surface area contributed by atoms with E-state index in [1.165, 1.54) is 19.3 Å². The number of aromatic nitrogens is 3. The molecule has 7 heteroatoms. The van der Waals surface area contributed by atoms with E-state index in [-0.39, 0.29) is 0 Å². The Hall–Kier alpha value is -2.96. The van der Waals surface area contributed by atoms with Crippen molar-refractivity contribution in [3.63, 3.8) is 0 Å². The molecule has 4 aromatic rings. The lowest BCUT2D eigenvalue weighted by molar-refractivity contribution is 0.180. The van der Waals surface area contributed by atoms with Crippen LogP contribution in [0.3, 0.4) is 0 Å². The fourth-order valence-electron chi connectivity index (χ4n) is 4.11. The van der Waals surface area contributed by atoms with E-state index in [0.29, 0.717) is 39.8 Å². The highest BCUT2D eigenvalue weighted by molar-refractivity contribution is 6.30. The molecule has 0 spiro atoms. The summed E-state index contributed by atoms with van der Waals surface area (Å²) >= 11 is 6.04. The number of nitrogens with zero attached hydrogens (tertiary/aromatic N) is 4. The summed E-state index contributed by atoms with van der Waals surface area (Å²) in [7, 11) is 0. The molecular weight excluding hydrogens is 422 g/mol. The van der Waals surface area contributed by atoms with Gasteiger partial charge in [-0.05, 0) is 57.1 Å². The average molecular weight is 448 g/mol. The Morgan fingerprint density at radius 1 is 0.938 bits per heavy atom. The van der Waals surface area contributed by atoms with Crippen LogP contribution in [-0.2, 0) is 0 Å². The van der Waals surface area contributed by atoms with E-state index in [2.05, 4.69) is 22.1 Å². The number of halogens is 1. The predicted molar refractivity (Wildman–Crippen MR) is 129 cm³/mol. The number of piperidine rings is 1. The third-order valence-corrected chi connectivity index (χ3v) is 6.21. The maximum absolute atomic E-state index is 6.14. The van der Waals surface area contributed by atoms with Crippen molar-refractivity contribution in [3.8, 4) is 22.8 Å². The van der Waals surface area contributed by atoms with Gasteiger partial charge in [0, 0.05) is 28.7 Å². The lowest BCUT2D eigenvalue weighted by Crippen LogP contribution is -2.41. The van der Waals surface area contributed by atoms with Crippen LogP contribution in [0.5, 0.6) is 0 Å². The standard InChI is InChI=1S/C25H26ClN5O/c1-17(31-14-6-3-7-15-31)16-27-23-21-24(29-22(28-23)18-8-4-2-5-9-18)30-25(32-21)19-10-12-20(26)13-11-19/h2,4-5,8-13,17H,3,6-7,14-16H2,1H3,(H,27,28,29)/t17-/m0/s1. The van der Waals surface area contributed by atoms with Crippen LogP contribution in [0.4, 0.5) is 5.82 Å². The smallest absolute Gasteiger partial charge is 0.229 e. The molecule has 1 aliphatic heterocycles. The minimum absolute atomic E-state index is 0.402. The normalized spacial score (nSPS) is 15.7. The number of benzene rings is 2. The molecule has 5 rings (SSSR count). The molecular formula is C25H26ClN5O. The van der Waals surface area contributed by atoms with Crippen LogP contribution in [0.1, 0.15) is 26.2 Å². The van der Waals surface area contributed by atoms with Crippen molar-refractivity contribution in [3.05, 3.63) is 59.6 Å². The first-order valence-electron chi connectivity index (χ1n) is 11.2. The minimum Gasteiger partial charge on any atom is -0.430 e. The lowest BCUT2D eigenvalue weighted by Gasteiger charge is -2.32. The molecule has 32 heavy (non-hydrogen) atoms. The van der Waals surface area contributed by atoms with Crippen LogP contribution in [-0.4, -0.2) is 45.5 Å². The van der Waals surface area contributed by atoms with Crippen LogP contribution < -0.4 is 5.32 Å². The first kappa shape index (κ1) is 20.9. The minimum atomic E-state index is 0.402. The zero-order chi connectivity index (χ0) is 21.9. The molecule has 6 nitrogen and oxygen atoms in total. The van der Waals surface area contributed by atoms with Gasteiger partial charge in [0.2, 0.25) is 17.1 Å². The van der Waals surface area contributed by atoms with Gasteiger partial charge in [0.1, 0.15) is 0 Å². The van der Waals surface area contributed by atoms with Crippen LogP contribution in [0, 0.1) is 0 Å². The van der Waals surface area contributed by atoms with Gasteiger partial charge in [0.05, 0.1) is 0 Å². The highest BCUT2D eigenvalue weighted by Crippen LogP contribution is 2.30. The third kappa shape index (κ3) is 4.47. The van der Waals surface area contributed by atoms with Gasteiger partial charge in [-0.25, -0.2) is 9.97 Å². The first-order chi connectivity index (χ1) is 15.7. The summed E-state index contributed by atoms with van der Waals surface area (Å²) in [6.45, 7) is 5.34. The molecule has 1 aliphatic rings. The van der Waals surface area contributed by atoms with E-state index in [9.17, 15) is 0 Å². The summed E-state index contributed by atoms with van der Waals surface area (Å²) in [5.74, 6) is 1.80. The molecule has 1 fully saturated rings. The number of fused-ring (bicyclic) bond motifs is 1. The van der Waals surface area contributed by atoms with Crippen molar-refractivity contribution < 1.29 is 4.42 Å². The lowest BCUT2D eigenvalue weighted by atomic mass is 10.1. The number of hydrogen-bond acceptors (Lipinski definition) is 6. The molecule has 1 N–H and O–H groups in total. The SMILES string of the molecule is C[C@@H](CNc1nc(-c2ccccc2)nc2nc(-c3ccc(Cl)cc3)oc12)N1CCCCC1. The Morgan fingerprint density at radius 3 is 2.44 bits per heavy atom. The second-order valence-corrected chi connectivity index (χ2v) is 8.70. The molecule has 0 unspecified atom stereocenters. The molecule has 2 aromatic carbocycles. The molecule has 0 saturated carbocycles. The zero-order valence-electron chi connectivity index (χ0n) is 18.1. The number of anilines is 1. The fourth-order valence-corrected chi connectivity index (χ4v) is 4.23. The van der Waals surface area contributed by atoms with E-state index in [1.807, 2.05) is 54.6 Å². The number of likely N-dealkylation sites (tertiary alicyclic amines) is 1. The van der Waals surface area contributed by atoms with Crippen LogP contribution in [0.15, 0.2) is 59.0 Å². The van der Waals surface area contributed by atoms with Gasteiger partial charge in [0.25, 0.3) is 0 Å². The molecule has 0 radical (unpaired) electrons. The Balaban J connectivity index is 1.50. The zero-order valence-corrected chi connectivity index (χ0v) is 18.8. The molecule has 1 atom stereocenters. The van der Waals surface area contributed by atoms with Crippen molar-refractivity contribution in [1.82, 2.24) is 19.9 Å². The van der Waals surface area contributed by atoms with Gasteiger partial charge >= 0.3 is 0 Å². The van der Waals surface area contributed by atoms with Gasteiger partial charge in [0.15, 0.2) is 11.6 Å². The summed E-state index contributed by atoms with van der Waals surface area (Å²) in [6, 6.07) is 17.8. The summed E-state index contributed by atoms with van der Waals surface area (Å²) in [4.78, 5) is 16.7. The molecule has 164 valence electrons. The second-order valence-electron chi connectivity index (χ2n) is 8.27. The van der Waals surface area contributed by atoms with E-state index >= 15 is 0 Å². The van der Waals surface area contributed by atoms with Crippen LogP contribution in [0.25, 0.3) is 34.1 Å². The topological polar surface area (TPSA) is 67.1 Å². The highest BCUT2D eigenvalue weighted by atomic mass is 35.5. The van der Waals surface area contributed by atoms with Crippen molar-refractivity contribution in [2.24, 2.45) is 0 Å². The number of hydrogen-bond donors (Lipinski definition) is 1. The molecule has 1 saturated heterocycles. The van der Waals surface area contributed by atoms with Gasteiger partial charge in [-0.2, -0.15) is 4.98 Å². The van der Waals surface area contributed by atoms with Crippen LogP contribution >= 0.6 is 11.6 Å². The van der Waals surface area contributed by atoms with E-state index in [0.717, 1.165) is 30.8 Å². The van der Waals surface area contributed by atoms with Crippen LogP contribution in [0.2, 0.25) is 5.02 Å². The van der Waals surface area contributed by atoms with Gasteiger partial charge in [-0.1, -0.05) is 48.4 Å². The maximum Gasteiger partial charge on any atom is 0.229 e. The Kier molecular flexibility index (Phi) is 6.06. The molecule has 2 aromatic heterocycles. The summed E-state index contributed by atoms with van der Waals surface area (Å²) < 4.78 is 6.14. The monoisotopic (exact) mass is 447 g/mol. The number of rotatable bonds is 6. The van der Waals surface area contributed by atoms with Crippen molar-refractivity contribution in [1.29, 1.82) is 0 Å². The van der Waals surface area contributed by atoms with Gasteiger partial charge in [-0.3, -0.25) is 4.90 Å². The van der Waals surface area contributed by atoms with Gasteiger partial charge in [-0.15, -0.1) is 0 Å². The van der Waals surface area contributed by atoms with Gasteiger partial charge < -0.3 is 9.73 Å². The quantitative estimate of drug-likeness (QED) is 0.397. The van der Waals surface area contributed by atoms with Crippen molar-refractivity contribution in [2.45, 2.75) is 32.2 Å². The van der Waals surface area contributed by atoms with E-state index < -0.39 is 0 Å². The fraction of sp³-hybridized carbons (Fsp3) is 0.320. The average Bonchev–Trinajstić information content (AvgIpc) is 3.28. The molecule has 3 heterocycles. The molecule has 0 bridgehead atoms. The Bertz CT molecular complexity index is 1190. The Morgan fingerprint density at radius 2 is 1.69 bits per heavy atom. The highest BCUT2D eigenvalue weighted by Gasteiger charge is 2.20. The second kappa shape index (κ2) is 9.27. The summed E-state index contributed by atoms with van der Waals surface area (Å²) in [5.41, 5.74) is 2.90. The summed E-state index contributed by atoms with van der Waals surface area (Å²) in [6.07, 6.45) is 3.87. The maximum atomic E-state index is 6.14. The molecule has 0 amide bonds. The van der Waals surface area contributed by atoms with E-state index in [4.69, 9.17) is 26.0 Å². The van der Waals surface area contributed by atoms with E-state index in [1.54, 1.807) is 0 Å². The van der Waals surface area contributed by atoms with Crippen molar-refractivity contribution >= 4 is 28.6 Å². The first-order valence-corrected chi connectivity index (χ1v) is 11.5. The van der Waals surface area contributed by atoms with Crippen molar-refractivity contribution in [2.75, 3.05) is 25.0 Å². The predicted octanol–water partition coefficient (Wildman–Crippen LogP) is 5.89. The third-order valence-electron chi connectivity index (χ3n) is 5.96. The summed E-state index contributed by atoms with van der Waals surface area (Å²) in [5, 5.41) is 4.19.